The lowest BCUT2D eigenvalue weighted by molar-refractivity contribution is -0.146. The van der Waals surface area contributed by atoms with Gasteiger partial charge in [-0.15, -0.1) is 0 Å². The predicted molar refractivity (Wildman–Crippen MR) is 84.0 cm³/mol. The van der Waals surface area contributed by atoms with Crippen LogP contribution < -0.4 is 0 Å². The summed E-state index contributed by atoms with van der Waals surface area (Å²) < 4.78 is 0.987. The Kier molecular flexibility index (Phi) is 5.04. The van der Waals surface area contributed by atoms with E-state index in [1.807, 2.05) is 32.0 Å². The average Bonchev–Trinajstić information content (AvgIpc) is 2.60. The van der Waals surface area contributed by atoms with Crippen LogP contribution in [0, 0.1) is 12.8 Å². The van der Waals surface area contributed by atoms with Crippen molar-refractivity contribution in [2.24, 2.45) is 5.92 Å². The second-order valence-corrected chi connectivity index (χ2v) is 6.32. The van der Waals surface area contributed by atoms with Gasteiger partial charge in [0.2, 0.25) is 5.91 Å². The van der Waals surface area contributed by atoms with Crippen molar-refractivity contribution in [3.8, 4) is 0 Å². The molecule has 1 amide bonds. The van der Waals surface area contributed by atoms with E-state index in [9.17, 15) is 14.7 Å². The molecular weight excluding hydrogens is 334 g/mol. The Morgan fingerprint density at radius 3 is 2.76 bits per heavy atom. The Balaban J connectivity index is 2.50. The molecule has 2 unspecified atom stereocenters. The molecule has 5 heteroatoms. The lowest BCUT2D eigenvalue weighted by atomic mass is 9.88. The molecular formula is C16H20BrNO3. The number of carboxylic acids is 1. The fourth-order valence-corrected chi connectivity index (χ4v) is 3.29. The second kappa shape index (κ2) is 6.60. The first-order valence-corrected chi connectivity index (χ1v) is 8.03. The van der Waals surface area contributed by atoms with E-state index in [1.165, 1.54) is 0 Å². The summed E-state index contributed by atoms with van der Waals surface area (Å²) in [5, 5.41) is 9.57. The molecule has 0 spiro atoms. The number of rotatable bonds is 3. The Hall–Kier alpha value is -1.36. The number of nitrogens with zero attached hydrogens (tertiary/aromatic N) is 1. The van der Waals surface area contributed by atoms with Gasteiger partial charge in [-0.2, -0.15) is 0 Å². The molecule has 2 rings (SSSR count). The first-order chi connectivity index (χ1) is 9.95. The normalized spacial score (nSPS) is 23.0. The number of carbonyl (C=O) groups excluding carboxylic acids is 1. The highest BCUT2D eigenvalue weighted by Crippen LogP contribution is 2.36. The summed E-state index contributed by atoms with van der Waals surface area (Å²) in [6.45, 7) is 4.40. The van der Waals surface area contributed by atoms with Gasteiger partial charge in [0.1, 0.15) is 0 Å². The van der Waals surface area contributed by atoms with Gasteiger partial charge in [-0.25, -0.2) is 0 Å². The molecule has 4 nitrogen and oxygen atoms in total. The van der Waals surface area contributed by atoms with Crippen LogP contribution in [0.5, 0.6) is 0 Å². The molecule has 0 saturated carbocycles. The topological polar surface area (TPSA) is 57.6 Å². The first-order valence-electron chi connectivity index (χ1n) is 7.24. The van der Waals surface area contributed by atoms with Crippen LogP contribution in [0.2, 0.25) is 0 Å². The summed E-state index contributed by atoms with van der Waals surface area (Å²) in [5.74, 6) is -1.32. The molecule has 1 heterocycles. The van der Waals surface area contributed by atoms with Gasteiger partial charge < -0.3 is 10.0 Å². The van der Waals surface area contributed by atoms with Gasteiger partial charge in [0.25, 0.3) is 0 Å². The van der Waals surface area contributed by atoms with Gasteiger partial charge in [-0.05, 0) is 43.9 Å². The number of halogens is 1. The largest absolute Gasteiger partial charge is 0.481 e. The molecule has 0 bridgehead atoms. The third-order valence-corrected chi connectivity index (χ3v) is 5.01. The predicted octanol–water partition coefficient (Wildman–Crippen LogP) is 3.53. The van der Waals surface area contributed by atoms with Crippen molar-refractivity contribution in [1.82, 2.24) is 4.90 Å². The molecule has 1 aromatic rings. The summed E-state index contributed by atoms with van der Waals surface area (Å²) in [5.41, 5.74) is 1.95. The summed E-state index contributed by atoms with van der Waals surface area (Å²) in [6.07, 6.45) is 1.61. The Labute approximate surface area is 133 Å². The molecule has 1 aromatic carbocycles. The number of amides is 1. The highest BCUT2D eigenvalue weighted by molar-refractivity contribution is 9.10. The zero-order chi connectivity index (χ0) is 15.6. The molecule has 0 radical (unpaired) electrons. The third kappa shape index (κ3) is 3.28. The second-order valence-electron chi connectivity index (χ2n) is 5.47. The van der Waals surface area contributed by atoms with Gasteiger partial charge in [-0.1, -0.05) is 28.1 Å². The quantitative estimate of drug-likeness (QED) is 0.903. The van der Waals surface area contributed by atoms with Crippen molar-refractivity contribution in [3.63, 3.8) is 0 Å². The Bertz CT molecular complexity index is 556. The fraction of sp³-hybridized carbons (Fsp3) is 0.500. The minimum Gasteiger partial charge on any atom is -0.481 e. The number of hydrogen-bond donors (Lipinski definition) is 1. The smallest absolute Gasteiger partial charge is 0.308 e. The molecule has 0 aromatic heterocycles. The lowest BCUT2D eigenvalue weighted by Gasteiger charge is -2.33. The fourth-order valence-electron chi connectivity index (χ4n) is 3.04. The van der Waals surface area contributed by atoms with Crippen molar-refractivity contribution < 1.29 is 14.7 Å². The van der Waals surface area contributed by atoms with Crippen molar-refractivity contribution >= 4 is 27.8 Å². The minimum absolute atomic E-state index is 0.0480. The monoisotopic (exact) mass is 353 g/mol. The van der Waals surface area contributed by atoms with Crippen molar-refractivity contribution in [2.75, 3.05) is 6.54 Å². The highest BCUT2D eigenvalue weighted by Gasteiger charge is 2.37. The molecule has 1 aliphatic rings. The number of likely N-dealkylation sites (tertiary alicyclic amines) is 1. The summed E-state index contributed by atoms with van der Waals surface area (Å²) in [4.78, 5) is 25.7. The van der Waals surface area contributed by atoms with Crippen LogP contribution >= 0.6 is 15.9 Å². The van der Waals surface area contributed by atoms with Gasteiger partial charge in [0.15, 0.2) is 0 Å². The molecule has 1 saturated heterocycles. The molecule has 2 atom stereocenters. The van der Waals surface area contributed by atoms with Crippen molar-refractivity contribution in [3.05, 3.63) is 33.8 Å². The van der Waals surface area contributed by atoms with Crippen LogP contribution in [-0.2, 0) is 9.59 Å². The van der Waals surface area contributed by atoms with E-state index >= 15 is 0 Å². The maximum atomic E-state index is 12.3. The standard InChI is InChI=1S/C16H20BrNO3/c1-3-18-14(19)6-4-5-12(16(20)21)15(18)11-7-8-13(17)10(2)9-11/h7-9,12,15H,3-6H2,1-2H3,(H,20,21). The number of benzene rings is 1. The number of aryl methyl sites for hydroxylation is 1. The van der Waals surface area contributed by atoms with Gasteiger partial charge in [-0.3, -0.25) is 9.59 Å². The molecule has 114 valence electrons. The van der Waals surface area contributed by atoms with Gasteiger partial charge >= 0.3 is 5.97 Å². The van der Waals surface area contributed by atoms with Crippen LogP contribution in [0.4, 0.5) is 0 Å². The molecule has 1 N–H and O–H groups in total. The number of carboxylic acid groups (broad SMARTS) is 1. The summed E-state index contributed by atoms with van der Waals surface area (Å²) >= 11 is 3.46. The van der Waals surface area contributed by atoms with E-state index in [2.05, 4.69) is 15.9 Å². The van der Waals surface area contributed by atoms with Crippen molar-refractivity contribution in [1.29, 1.82) is 0 Å². The maximum Gasteiger partial charge on any atom is 0.308 e. The van der Waals surface area contributed by atoms with Crippen LogP contribution in [0.3, 0.4) is 0 Å². The molecule has 0 aliphatic carbocycles. The average molecular weight is 354 g/mol. The SMILES string of the molecule is CCN1C(=O)CCCC(C(=O)O)C1c1ccc(Br)c(C)c1. The summed E-state index contributed by atoms with van der Waals surface area (Å²) in [7, 11) is 0. The van der Waals surface area contributed by atoms with E-state index in [0.29, 0.717) is 25.8 Å². The Morgan fingerprint density at radius 1 is 1.48 bits per heavy atom. The van der Waals surface area contributed by atoms with Gasteiger partial charge in [0.05, 0.1) is 12.0 Å². The zero-order valence-electron chi connectivity index (χ0n) is 12.3. The number of carbonyl (C=O) groups is 2. The number of aliphatic carboxylic acids is 1. The Morgan fingerprint density at radius 2 is 2.19 bits per heavy atom. The van der Waals surface area contributed by atoms with Crippen LogP contribution in [0.1, 0.15) is 43.4 Å². The van der Waals surface area contributed by atoms with E-state index in [0.717, 1.165) is 15.6 Å². The van der Waals surface area contributed by atoms with E-state index in [1.54, 1.807) is 4.90 Å². The van der Waals surface area contributed by atoms with Crippen LogP contribution in [0.25, 0.3) is 0 Å². The maximum absolute atomic E-state index is 12.3. The first kappa shape index (κ1) is 16.0. The van der Waals surface area contributed by atoms with Crippen molar-refractivity contribution in [2.45, 2.75) is 39.2 Å². The van der Waals surface area contributed by atoms with Crippen LogP contribution in [0.15, 0.2) is 22.7 Å². The zero-order valence-corrected chi connectivity index (χ0v) is 13.9. The number of hydrogen-bond acceptors (Lipinski definition) is 2. The molecule has 1 fully saturated rings. The molecule has 1 aliphatic heterocycles. The summed E-state index contributed by atoms with van der Waals surface area (Å²) in [6, 6.07) is 5.44. The highest BCUT2D eigenvalue weighted by atomic mass is 79.9. The third-order valence-electron chi connectivity index (χ3n) is 4.12. The molecule has 21 heavy (non-hydrogen) atoms. The van der Waals surface area contributed by atoms with E-state index in [-0.39, 0.29) is 11.9 Å². The van der Waals surface area contributed by atoms with E-state index < -0.39 is 11.9 Å². The van der Waals surface area contributed by atoms with Gasteiger partial charge in [0, 0.05) is 17.4 Å². The minimum atomic E-state index is -0.825. The lowest BCUT2D eigenvalue weighted by Crippen LogP contribution is -2.38. The van der Waals surface area contributed by atoms with E-state index in [4.69, 9.17) is 0 Å². The van der Waals surface area contributed by atoms with Crippen LogP contribution in [-0.4, -0.2) is 28.4 Å².